The van der Waals surface area contributed by atoms with E-state index in [2.05, 4.69) is 20.3 Å². The van der Waals surface area contributed by atoms with Gasteiger partial charge in [-0.05, 0) is 42.3 Å². The average molecular weight is 601 g/mol. The SMILES string of the molecule is NC1=CC2=CC=C(S(=O)(=O)N(Cc3ccccn3)CC(O)C(Cc3ccccc3)NC(=O)OCc3cccnc3)CC2=N1. The third kappa shape index (κ3) is 7.80. The second kappa shape index (κ2) is 13.6. The molecule has 0 spiro atoms. The highest BCUT2D eigenvalue weighted by Gasteiger charge is 2.34. The van der Waals surface area contributed by atoms with Gasteiger partial charge in [0, 0.05) is 42.7 Å². The van der Waals surface area contributed by atoms with Crippen LogP contribution in [0.5, 0.6) is 0 Å². The van der Waals surface area contributed by atoms with Crippen LogP contribution < -0.4 is 11.1 Å². The van der Waals surface area contributed by atoms with Crippen molar-refractivity contribution in [3.05, 3.63) is 131 Å². The third-order valence-corrected chi connectivity index (χ3v) is 8.88. The maximum Gasteiger partial charge on any atom is 0.407 e. The highest BCUT2D eigenvalue weighted by Crippen LogP contribution is 2.29. The van der Waals surface area contributed by atoms with Gasteiger partial charge in [0.25, 0.3) is 0 Å². The number of benzene rings is 1. The maximum absolute atomic E-state index is 14.0. The molecule has 1 amide bonds. The number of sulfonamides is 1. The summed E-state index contributed by atoms with van der Waals surface area (Å²) >= 11 is 0. The molecule has 2 unspecified atom stereocenters. The number of hydrogen-bond donors (Lipinski definition) is 3. The fraction of sp³-hybridized carbons (Fsp3) is 0.226. The van der Waals surface area contributed by atoms with E-state index in [0.29, 0.717) is 22.8 Å². The predicted molar refractivity (Wildman–Crippen MR) is 162 cm³/mol. The molecule has 1 aliphatic heterocycles. The molecule has 2 atom stereocenters. The molecule has 0 radical (unpaired) electrons. The van der Waals surface area contributed by atoms with Gasteiger partial charge in [-0.15, -0.1) is 0 Å². The number of aromatic nitrogens is 2. The maximum atomic E-state index is 14.0. The van der Waals surface area contributed by atoms with Gasteiger partial charge in [0.05, 0.1) is 35.0 Å². The van der Waals surface area contributed by atoms with Crippen molar-refractivity contribution in [3.8, 4) is 0 Å². The van der Waals surface area contributed by atoms with E-state index in [1.807, 2.05) is 30.3 Å². The lowest BCUT2D eigenvalue weighted by Gasteiger charge is -2.30. The van der Waals surface area contributed by atoms with E-state index in [1.54, 1.807) is 61.1 Å². The standard InChI is InChI=1S/C31H32N6O5S/c32-30-16-24-11-12-26(17-27(24)35-30)43(40,41)37(19-25-10-4-5-14-34-25)20-29(38)28(15-22-7-2-1-3-8-22)36-31(39)42-21-23-9-6-13-33-18-23/h1-14,16,18,28-29,38H,15,17,19-21,32H2,(H,36,39). The van der Waals surface area contributed by atoms with Crippen molar-refractivity contribution in [1.29, 1.82) is 0 Å². The van der Waals surface area contributed by atoms with Gasteiger partial charge in [-0.3, -0.25) is 9.97 Å². The van der Waals surface area contributed by atoms with Crippen LogP contribution in [0, 0.1) is 0 Å². The number of carbonyl (C=O) groups excluding carboxylic acids is 1. The summed E-state index contributed by atoms with van der Waals surface area (Å²) in [5, 5.41) is 14.3. The summed E-state index contributed by atoms with van der Waals surface area (Å²) in [5.41, 5.74) is 9.21. The van der Waals surface area contributed by atoms with Crippen molar-refractivity contribution >= 4 is 21.8 Å². The van der Waals surface area contributed by atoms with Gasteiger partial charge in [-0.2, -0.15) is 4.31 Å². The van der Waals surface area contributed by atoms with Gasteiger partial charge in [0.1, 0.15) is 12.4 Å². The number of rotatable bonds is 12. The summed E-state index contributed by atoms with van der Waals surface area (Å²) in [5.74, 6) is 0.319. The van der Waals surface area contributed by atoms with Crippen molar-refractivity contribution in [2.75, 3.05) is 6.54 Å². The number of nitrogens with one attached hydrogen (secondary N) is 1. The molecular weight excluding hydrogens is 568 g/mol. The number of nitrogens with zero attached hydrogens (tertiary/aromatic N) is 4. The Morgan fingerprint density at radius 3 is 2.58 bits per heavy atom. The zero-order valence-corrected chi connectivity index (χ0v) is 24.1. The predicted octanol–water partition coefficient (Wildman–Crippen LogP) is 2.98. The summed E-state index contributed by atoms with van der Waals surface area (Å²) in [6.07, 6.45) is 7.92. The van der Waals surface area contributed by atoms with Crippen LogP contribution >= 0.6 is 0 Å². The number of amides is 1. The second-order valence-electron chi connectivity index (χ2n) is 10.1. The van der Waals surface area contributed by atoms with E-state index >= 15 is 0 Å². The Balaban J connectivity index is 1.37. The Morgan fingerprint density at radius 1 is 1.05 bits per heavy atom. The fourth-order valence-corrected chi connectivity index (χ4v) is 6.31. The molecule has 0 fully saturated rings. The molecule has 222 valence electrons. The molecule has 1 aromatic carbocycles. The normalized spacial score (nSPS) is 15.9. The number of pyridine rings is 2. The quantitative estimate of drug-likeness (QED) is 0.286. The van der Waals surface area contributed by atoms with Crippen molar-refractivity contribution in [2.45, 2.75) is 38.1 Å². The van der Waals surface area contributed by atoms with Crippen LogP contribution in [-0.4, -0.2) is 58.3 Å². The second-order valence-corrected chi connectivity index (χ2v) is 12.1. The number of aliphatic imine (C=N–C) groups is 1. The highest BCUT2D eigenvalue weighted by molar-refractivity contribution is 7.93. The highest BCUT2D eigenvalue weighted by atomic mass is 32.2. The molecule has 4 N–H and O–H groups in total. The van der Waals surface area contributed by atoms with E-state index in [4.69, 9.17) is 10.5 Å². The molecule has 5 rings (SSSR count). The summed E-state index contributed by atoms with van der Waals surface area (Å²) in [6, 6.07) is 17.1. The fourth-order valence-electron chi connectivity index (χ4n) is 4.76. The number of alkyl carbamates (subject to hydrolysis) is 1. The molecule has 0 saturated carbocycles. The monoisotopic (exact) mass is 600 g/mol. The number of nitrogens with two attached hydrogens (primary N) is 1. The van der Waals surface area contributed by atoms with Crippen molar-refractivity contribution in [3.63, 3.8) is 0 Å². The topological polar surface area (TPSA) is 160 Å². The van der Waals surface area contributed by atoms with Gasteiger partial charge in [0.15, 0.2) is 0 Å². The molecule has 2 aliphatic rings. The number of allylic oxidation sites excluding steroid dienone is 5. The largest absolute Gasteiger partial charge is 0.445 e. The van der Waals surface area contributed by atoms with Crippen LogP contribution in [0.15, 0.2) is 119 Å². The summed E-state index contributed by atoms with van der Waals surface area (Å²) < 4.78 is 34.6. The first-order valence-electron chi connectivity index (χ1n) is 13.7. The van der Waals surface area contributed by atoms with Gasteiger partial charge in [-0.1, -0.05) is 48.5 Å². The molecule has 3 aromatic rings. The number of carbonyl (C=O) groups is 1. The van der Waals surface area contributed by atoms with Crippen LogP contribution in [0.25, 0.3) is 0 Å². The Bertz CT molecular complexity index is 1660. The number of aliphatic hydroxyl groups is 1. The zero-order chi connectivity index (χ0) is 30.2. The van der Waals surface area contributed by atoms with E-state index in [-0.39, 0.29) is 37.4 Å². The molecule has 11 nitrogen and oxygen atoms in total. The van der Waals surface area contributed by atoms with Crippen LogP contribution in [-0.2, 0) is 34.3 Å². The van der Waals surface area contributed by atoms with Crippen molar-refractivity contribution in [1.82, 2.24) is 19.6 Å². The minimum Gasteiger partial charge on any atom is -0.445 e. The van der Waals surface area contributed by atoms with Gasteiger partial charge >= 0.3 is 6.09 Å². The van der Waals surface area contributed by atoms with E-state index in [0.717, 1.165) is 11.1 Å². The number of ether oxygens (including phenoxy) is 1. The minimum atomic E-state index is -4.10. The summed E-state index contributed by atoms with van der Waals surface area (Å²) in [4.78, 5) is 25.5. The van der Waals surface area contributed by atoms with Crippen molar-refractivity contribution < 1.29 is 23.1 Å². The first kappa shape index (κ1) is 29.8. The minimum absolute atomic E-state index is 0.0130. The van der Waals surface area contributed by atoms with Crippen molar-refractivity contribution in [2.24, 2.45) is 10.7 Å². The average Bonchev–Trinajstić information content (AvgIpc) is 3.40. The van der Waals surface area contributed by atoms with E-state index in [9.17, 15) is 18.3 Å². The van der Waals surface area contributed by atoms with Crippen LogP contribution in [0.2, 0.25) is 0 Å². The molecule has 43 heavy (non-hydrogen) atoms. The zero-order valence-electron chi connectivity index (χ0n) is 23.3. The lowest BCUT2D eigenvalue weighted by Crippen LogP contribution is -2.50. The van der Waals surface area contributed by atoms with E-state index < -0.39 is 28.3 Å². The third-order valence-electron chi connectivity index (χ3n) is 6.98. The smallest absolute Gasteiger partial charge is 0.407 e. The van der Waals surface area contributed by atoms with Crippen LogP contribution in [0.4, 0.5) is 4.79 Å². The lowest BCUT2D eigenvalue weighted by molar-refractivity contribution is 0.0879. The Labute approximate surface area is 250 Å². The van der Waals surface area contributed by atoms with Crippen LogP contribution in [0.3, 0.4) is 0 Å². The number of hydrogen-bond acceptors (Lipinski definition) is 9. The van der Waals surface area contributed by atoms with Gasteiger partial charge in [-0.25, -0.2) is 18.2 Å². The summed E-state index contributed by atoms with van der Waals surface area (Å²) in [6.45, 7) is -0.425. The first-order chi connectivity index (χ1) is 20.8. The van der Waals surface area contributed by atoms with E-state index in [1.165, 1.54) is 10.4 Å². The van der Waals surface area contributed by atoms with Crippen LogP contribution in [0.1, 0.15) is 23.2 Å². The summed E-state index contributed by atoms with van der Waals surface area (Å²) in [7, 11) is -4.10. The molecule has 1 aliphatic carbocycles. The molecule has 0 saturated heterocycles. The number of fused-ring (bicyclic) bond motifs is 1. The van der Waals surface area contributed by atoms with Gasteiger partial charge < -0.3 is 20.9 Å². The Kier molecular flexibility index (Phi) is 9.40. The number of aliphatic hydroxyl groups excluding tert-OH is 1. The molecule has 2 aromatic heterocycles. The first-order valence-corrected chi connectivity index (χ1v) is 15.1. The lowest BCUT2D eigenvalue weighted by atomic mass is 10.0. The Morgan fingerprint density at radius 2 is 1.84 bits per heavy atom. The molecular formula is C31H32N6O5S. The molecule has 0 bridgehead atoms. The van der Waals surface area contributed by atoms with Gasteiger partial charge in [0.2, 0.25) is 10.0 Å². The Hall–Kier alpha value is -4.65. The molecule has 12 heteroatoms. The molecule has 3 heterocycles.